The minimum atomic E-state index is -0.604. The lowest BCUT2D eigenvalue weighted by Crippen LogP contribution is -2.43. The van der Waals surface area contributed by atoms with Crippen LogP contribution in [0.2, 0.25) is 0 Å². The summed E-state index contributed by atoms with van der Waals surface area (Å²) >= 11 is 0. The number of fused-ring (bicyclic) bond motifs is 1. The van der Waals surface area contributed by atoms with E-state index in [2.05, 4.69) is 180 Å². The molecule has 2 N–H and O–H groups in total. The predicted molar refractivity (Wildman–Crippen MR) is 293 cm³/mol. The summed E-state index contributed by atoms with van der Waals surface area (Å²) in [5.74, 6) is -0.143. The quantitative estimate of drug-likeness (QED) is 0.0891. The first kappa shape index (κ1) is 44.3. The average molecular weight is 919 g/mol. The van der Waals surface area contributed by atoms with E-state index in [4.69, 9.17) is 0 Å². The Kier molecular flexibility index (Phi) is 12.3. The van der Waals surface area contributed by atoms with Crippen molar-refractivity contribution in [3.63, 3.8) is 0 Å². The van der Waals surface area contributed by atoms with Crippen LogP contribution < -0.4 is 20.4 Å². The van der Waals surface area contributed by atoms with Crippen LogP contribution in [0.3, 0.4) is 0 Å². The van der Waals surface area contributed by atoms with Crippen LogP contribution in [0.4, 0.5) is 22.7 Å². The SMILES string of the molecule is CN(c1cccc(-c2ccccc2)c1)C(Nc1c(C=O)cccc1-c1cccc2c1NC(c1cccc(-c3ccccc3)c1)N(c1cccc(-c3ccccc3)c1)C2=O)c1cccc(-c2ccccc2)c1. The number of nitrogens with zero attached hydrogens (tertiary/aromatic N) is 2. The molecule has 10 aromatic carbocycles. The highest BCUT2D eigenvalue weighted by molar-refractivity contribution is 6.15. The van der Waals surface area contributed by atoms with Gasteiger partial charge in [0.1, 0.15) is 12.3 Å². The summed E-state index contributed by atoms with van der Waals surface area (Å²) in [6.45, 7) is 0. The Bertz CT molecular complexity index is 3510. The van der Waals surface area contributed by atoms with E-state index < -0.39 is 12.3 Å². The summed E-state index contributed by atoms with van der Waals surface area (Å²) in [6, 6.07) is 86.6. The van der Waals surface area contributed by atoms with Gasteiger partial charge in [0.05, 0.1) is 16.9 Å². The van der Waals surface area contributed by atoms with Gasteiger partial charge in [0.2, 0.25) is 0 Å². The second-order valence-corrected chi connectivity index (χ2v) is 17.8. The third kappa shape index (κ3) is 8.98. The highest BCUT2D eigenvalue weighted by Crippen LogP contribution is 2.46. The number of hydrogen-bond acceptors (Lipinski definition) is 5. The molecule has 1 aliphatic heterocycles. The van der Waals surface area contributed by atoms with Crippen LogP contribution in [0.1, 0.15) is 44.2 Å². The second kappa shape index (κ2) is 19.8. The van der Waals surface area contributed by atoms with E-state index in [1.807, 2.05) is 102 Å². The van der Waals surface area contributed by atoms with E-state index in [1.54, 1.807) is 0 Å². The van der Waals surface area contributed by atoms with E-state index in [-0.39, 0.29) is 5.91 Å². The molecular weight excluding hydrogens is 869 g/mol. The predicted octanol–water partition coefficient (Wildman–Crippen LogP) is 15.9. The molecule has 6 nitrogen and oxygen atoms in total. The number of benzene rings is 10. The first-order chi connectivity index (χ1) is 35.0. The van der Waals surface area contributed by atoms with Gasteiger partial charge in [-0.3, -0.25) is 14.5 Å². The number of nitrogens with one attached hydrogen (secondary N) is 2. The van der Waals surface area contributed by atoms with Crippen LogP contribution in [-0.4, -0.2) is 19.2 Å². The Labute approximate surface area is 415 Å². The van der Waals surface area contributed by atoms with Crippen molar-refractivity contribution in [3.8, 4) is 55.6 Å². The lowest BCUT2D eigenvalue weighted by atomic mass is 9.92. The molecule has 0 bridgehead atoms. The van der Waals surface area contributed by atoms with Crippen LogP contribution in [0, 0.1) is 0 Å². The molecule has 1 amide bonds. The van der Waals surface area contributed by atoms with Crippen LogP contribution in [0.25, 0.3) is 55.6 Å². The summed E-state index contributed by atoms with van der Waals surface area (Å²) in [4.78, 5) is 32.9. The second-order valence-electron chi connectivity index (χ2n) is 17.8. The van der Waals surface area contributed by atoms with Crippen molar-refractivity contribution in [1.29, 1.82) is 0 Å². The van der Waals surface area contributed by atoms with Gasteiger partial charge in [-0.1, -0.05) is 206 Å². The van der Waals surface area contributed by atoms with Crippen molar-refractivity contribution >= 4 is 34.9 Å². The summed E-state index contributed by atoms with van der Waals surface area (Å²) in [5, 5.41) is 7.85. The fourth-order valence-electron chi connectivity index (χ4n) is 9.84. The molecule has 10 aromatic rings. The maximum Gasteiger partial charge on any atom is 0.262 e. The number of rotatable bonds is 13. The third-order valence-corrected chi connectivity index (χ3v) is 13.4. The fourth-order valence-corrected chi connectivity index (χ4v) is 9.84. The van der Waals surface area contributed by atoms with Crippen molar-refractivity contribution in [2.45, 2.75) is 12.3 Å². The van der Waals surface area contributed by atoms with Gasteiger partial charge >= 0.3 is 0 Å². The van der Waals surface area contributed by atoms with Crippen molar-refractivity contribution in [1.82, 2.24) is 0 Å². The average Bonchev–Trinajstić information content (AvgIpc) is 3.45. The number of anilines is 4. The highest BCUT2D eigenvalue weighted by atomic mass is 16.2. The van der Waals surface area contributed by atoms with Crippen molar-refractivity contribution in [2.24, 2.45) is 0 Å². The first-order valence-corrected chi connectivity index (χ1v) is 23.9. The largest absolute Gasteiger partial charge is 0.360 e. The van der Waals surface area contributed by atoms with Gasteiger partial charge in [-0.25, -0.2) is 0 Å². The molecule has 2 unspecified atom stereocenters. The van der Waals surface area contributed by atoms with Crippen LogP contribution in [0.5, 0.6) is 0 Å². The smallest absolute Gasteiger partial charge is 0.262 e. The molecule has 0 saturated heterocycles. The maximum absolute atomic E-state index is 15.5. The Morgan fingerprint density at radius 2 is 0.958 bits per heavy atom. The molecule has 0 aliphatic carbocycles. The Hall–Kier alpha value is -9.26. The molecule has 71 heavy (non-hydrogen) atoms. The molecular formula is C65H50N4O2. The topological polar surface area (TPSA) is 64.7 Å². The van der Waals surface area contributed by atoms with Crippen LogP contribution >= 0.6 is 0 Å². The number of para-hydroxylation sites is 2. The van der Waals surface area contributed by atoms with Crippen molar-refractivity contribution in [3.05, 3.63) is 277 Å². The number of aldehydes is 1. The maximum atomic E-state index is 15.5. The monoisotopic (exact) mass is 918 g/mol. The third-order valence-electron chi connectivity index (χ3n) is 13.4. The number of carbonyl (C=O) groups excluding carboxylic acids is 2. The van der Waals surface area contributed by atoms with E-state index >= 15 is 4.79 Å². The lowest BCUT2D eigenvalue weighted by Gasteiger charge is -2.39. The zero-order valence-electron chi connectivity index (χ0n) is 39.2. The molecule has 2 atom stereocenters. The van der Waals surface area contributed by atoms with E-state index in [9.17, 15) is 4.79 Å². The zero-order chi connectivity index (χ0) is 48.1. The molecule has 11 rings (SSSR count). The number of carbonyl (C=O) groups is 2. The molecule has 1 heterocycles. The van der Waals surface area contributed by atoms with Gasteiger partial charge in [-0.15, -0.1) is 0 Å². The molecule has 0 radical (unpaired) electrons. The number of hydrogen-bond donors (Lipinski definition) is 2. The van der Waals surface area contributed by atoms with E-state index in [0.717, 1.165) is 84.4 Å². The molecule has 0 spiro atoms. The van der Waals surface area contributed by atoms with Crippen molar-refractivity contribution in [2.75, 3.05) is 27.5 Å². The molecule has 0 aromatic heterocycles. The van der Waals surface area contributed by atoms with Gasteiger partial charge in [0, 0.05) is 35.1 Å². The summed E-state index contributed by atoms with van der Waals surface area (Å²) in [6.07, 6.45) is -0.153. The van der Waals surface area contributed by atoms with Crippen LogP contribution in [-0.2, 0) is 0 Å². The standard InChI is InChI=1S/C65H50N4O2/c1-68(56-35-16-30-51(42-56)47-24-10-4-11-25-47)63(53-32-14-28-49(40-53)45-20-6-2-7-21-45)66-61-55(44-70)34-18-37-58(61)59-38-19-39-60-62(59)67-64(54-33-15-29-50(41-54)46-22-8-3-9-23-46)69(65(60)71)57-36-17-31-52(43-57)48-26-12-5-13-27-48/h2-44,63-64,66-67H,1H3. The summed E-state index contributed by atoms with van der Waals surface area (Å²) in [5.41, 5.74) is 16.2. The Balaban J connectivity index is 1.05. The molecule has 0 saturated carbocycles. The molecule has 0 fully saturated rings. The summed E-state index contributed by atoms with van der Waals surface area (Å²) in [7, 11) is 2.08. The van der Waals surface area contributed by atoms with Gasteiger partial charge in [0.15, 0.2) is 6.29 Å². The number of amides is 1. The highest BCUT2D eigenvalue weighted by Gasteiger charge is 2.36. The molecule has 6 heteroatoms. The minimum Gasteiger partial charge on any atom is -0.360 e. The molecule has 1 aliphatic rings. The van der Waals surface area contributed by atoms with Gasteiger partial charge in [-0.05, 0) is 104 Å². The normalized spacial score (nSPS) is 13.4. The minimum absolute atomic E-state index is 0.143. The van der Waals surface area contributed by atoms with Crippen LogP contribution in [0.15, 0.2) is 255 Å². The molecule has 342 valence electrons. The van der Waals surface area contributed by atoms with E-state index in [1.165, 1.54) is 0 Å². The van der Waals surface area contributed by atoms with Gasteiger partial charge in [-0.2, -0.15) is 0 Å². The lowest BCUT2D eigenvalue weighted by molar-refractivity contribution is 0.0974. The Morgan fingerprint density at radius 1 is 0.479 bits per heavy atom. The first-order valence-electron chi connectivity index (χ1n) is 23.9. The fraction of sp³-hybridized carbons (Fsp3) is 0.0462. The Morgan fingerprint density at radius 3 is 1.58 bits per heavy atom. The van der Waals surface area contributed by atoms with Gasteiger partial charge < -0.3 is 15.5 Å². The van der Waals surface area contributed by atoms with Crippen molar-refractivity contribution < 1.29 is 9.59 Å². The summed E-state index contributed by atoms with van der Waals surface area (Å²) < 4.78 is 0. The zero-order valence-corrected chi connectivity index (χ0v) is 39.2. The van der Waals surface area contributed by atoms with E-state index in [0.29, 0.717) is 22.5 Å². The van der Waals surface area contributed by atoms with Gasteiger partial charge in [0.25, 0.3) is 5.91 Å².